The number of hydrogen-bond donors (Lipinski definition) is 2. The van der Waals surface area contributed by atoms with Crippen molar-refractivity contribution in [3.63, 3.8) is 0 Å². The van der Waals surface area contributed by atoms with E-state index in [-0.39, 0.29) is 5.91 Å². The summed E-state index contributed by atoms with van der Waals surface area (Å²) >= 11 is 0. The molecule has 108 valence electrons. The van der Waals surface area contributed by atoms with Crippen molar-refractivity contribution in [2.24, 2.45) is 5.92 Å². The van der Waals surface area contributed by atoms with E-state index in [0.717, 1.165) is 24.3 Å². The number of ether oxygens (including phenoxy) is 1. The van der Waals surface area contributed by atoms with E-state index in [1.807, 2.05) is 24.3 Å². The number of benzene rings is 1. The third kappa shape index (κ3) is 3.12. The first kappa shape index (κ1) is 13.4. The van der Waals surface area contributed by atoms with Crippen LogP contribution in [0.2, 0.25) is 0 Å². The van der Waals surface area contributed by atoms with Gasteiger partial charge in [-0.1, -0.05) is 6.07 Å². The molecule has 2 saturated heterocycles. The van der Waals surface area contributed by atoms with Gasteiger partial charge < -0.3 is 15.4 Å². The summed E-state index contributed by atoms with van der Waals surface area (Å²) in [6, 6.07) is 8.79. The molecule has 0 radical (unpaired) electrons. The zero-order chi connectivity index (χ0) is 13.9. The molecule has 0 spiro atoms. The van der Waals surface area contributed by atoms with Crippen molar-refractivity contribution in [2.45, 2.75) is 44.2 Å². The average molecular weight is 274 g/mol. The highest BCUT2D eigenvalue weighted by molar-refractivity contribution is 5.91. The van der Waals surface area contributed by atoms with Crippen LogP contribution in [0.3, 0.4) is 0 Å². The van der Waals surface area contributed by atoms with Gasteiger partial charge in [0.2, 0.25) is 5.91 Å². The van der Waals surface area contributed by atoms with Gasteiger partial charge >= 0.3 is 0 Å². The smallest absolute Gasteiger partial charge is 0.224 e. The summed E-state index contributed by atoms with van der Waals surface area (Å²) in [4.78, 5) is 12.1. The van der Waals surface area contributed by atoms with Crippen molar-refractivity contribution < 1.29 is 9.53 Å². The van der Waals surface area contributed by atoms with Gasteiger partial charge in [-0.25, -0.2) is 0 Å². The number of fused-ring (bicyclic) bond motifs is 2. The van der Waals surface area contributed by atoms with Crippen LogP contribution in [0.15, 0.2) is 24.3 Å². The van der Waals surface area contributed by atoms with Crippen LogP contribution < -0.4 is 15.4 Å². The number of hydrogen-bond acceptors (Lipinski definition) is 3. The Morgan fingerprint density at radius 2 is 2.10 bits per heavy atom. The minimum absolute atomic E-state index is 0.115. The van der Waals surface area contributed by atoms with Crippen LogP contribution in [0, 0.1) is 5.92 Å². The predicted octanol–water partition coefficient (Wildman–Crippen LogP) is 2.55. The van der Waals surface area contributed by atoms with Crippen LogP contribution in [-0.4, -0.2) is 25.1 Å². The molecule has 2 aliphatic heterocycles. The molecule has 2 bridgehead atoms. The molecule has 2 fully saturated rings. The number of methoxy groups -OCH3 is 1. The van der Waals surface area contributed by atoms with E-state index in [2.05, 4.69) is 10.6 Å². The highest BCUT2D eigenvalue weighted by Gasteiger charge is 2.34. The Morgan fingerprint density at radius 1 is 1.35 bits per heavy atom. The van der Waals surface area contributed by atoms with Gasteiger partial charge in [0.05, 0.1) is 7.11 Å². The van der Waals surface area contributed by atoms with Crippen molar-refractivity contribution in [3.05, 3.63) is 24.3 Å². The quantitative estimate of drug-likeness (QED) is 0.887. The van der Waals surface area contributed by atoms with Gasteiger partial charge in [0, 0.05) is 30.3 Å². The first-order valence-electron chi connectivity index (χ1n) is 7.43. The first-order chi connectivity index (χ1) is 9.72. The van der Waals surface area contributed by atoms with Crippen molar-refractivity contribution in [3.8, 4) is 5.75 Å². The summed E-state index contributed by atoms with van der Waals surface area (Å²) in [5, 5.41) is 6.58. The molecule has 4 heteroatoms. The van der Waals surface area contributed by atoms with Crippen LogP contribution in [0.4, 0.5) is 5.69 Å². The standard InChI is InChI=1S/C16H22N2O2/c1-20-15-4-2-3-12(10-15)18-16(19)9-11-7-13-5-6-14(8-11)17-13/h2-4,10-11,13-14,17H,5-9H2,1H3,(H,18,19). The predicted molar refractivity (Wildman–Crippen MR) is 78.9 cm³/mol. The number of rotatable bonds is 4. The molecule has 1 amide bonds. The SMILES string of the molecule is COc1cccc(NC(=O)CC2CC3CCC(C2)N3)c1. The van der Waals surface area contributed by atoms with Gasteiger partial charge in [-0.15, -0.1) is 0 Å². The molecule has 2 heterocycles. The number of carbonyl (C=O) groups excluding carboxylic acids is 1. The van der Waals surface area contributed by atoms with E-state index in [1.54, 1.807) is 7.11 Å². The Labute approximate surface area is 119 Å². The maximum Gasteiger partial charge on any atom is 0.224 e. The maximum atomic E-state index is 12.1. The monoisotopic (exact) mass is 274 g/mol. The third-order valence-electron chi connectivity index (χ3n) is 4.40. The Balaban J connectivity index is 1.54. The molecule has 20 heavy (non-hydrogen) atoms. The molecule has 0 aliphatic carbocycles. The summed E-state index contributed by atoms with van der Waals surface area (Å²) in [6.07, 6.45) is 5.47. The Morgan fingerprint density at radius 3 is 2.80 bits per heavy atom. The molecule has 2 atom stereocenters. The lowest BCUT2D eigenvalue weighted by Gasteiger charge is -2.28. The third-order valence-corrected chi connectivity index (χ3v) is 4.40. The van der Waals surface area contributed by atoms with E-state index in [4.69, 9.17) is 4.74 Å². The number of nitrogens with one attached hydrogen (secondary N) is 2. The van der Waals surface area contributed by atoms with Crippen molar-refractivity contribution in [1.82, 2.24) is 5.32 Å². The molecule has 0 aromatic heterocycles. The zero-order valence-electron chi connectivity index (χ0n) is 11.9. The Kier molecular flexibility index (Phi) is 3.92. The highest BCUT2D eigenvalue weighted by atomic mass is 16.5. The van der Waals surface area contributed by atoms with E-state index >= 15 is 0 Å². The summed E-state index contributed by atoms with van der Waals surface area (Å²) in [7, 11) is 1.63. The van der Waals surface area contributed by atoms with Crippen LogP contribution in [0.1, 0.15) is 32.1 Å². The lowest BCUT2D eigenvalue weighted by Crippen LogP contribution is -2.39. The minimum Gasteiger partial charge on any atom is -0.497 e. The van der Waals surface area contributed by atoms with Crippen molar-refractivity contribution in [2.75, 3.05) is 12.4 Å². The minimum atomic E-state index is 0.115. The van der Waals surface area contributed by atoms with E-state index in [9.17, 15) is 4.79 Å². The second-order valence-electron chi connectivity index (χ2n) is 5.96. The lowest BCUT2D eigenvalue weighted by atomic mass is 9.89. The zero-order valence-corrected chi connectivity index (χ0v) is 11.9. The molecule has 4 nitrogen and oxygen atoms in total. The molecule has 2 unspecified atom stereocenters. The fraction of sp³-hybridized carbons (Fsp3) is 0.562. The summed E-state index contributed by atoms with van der Waals surface area (Å²) in [5.74, 6) is 1.41. The molecule has 1 aromatic carbocycles. The van der Waals surface area contributed by atoms with Crippen LogP contribution >= 0.6 is 0 Å². The molecular weight excluding hydrogens is 252 g/mol. The van der Waals surface area contributed by atoms with Gasteiger partial charge in [-0.3, -0.25) is 4.79 Å². The van der Waals surface area contributed by atoms with Crippen LogP contribution in [-0.2, 0) is 4.79 Å². The Bertz CT molecular complexity index is 477. The Hall–Kier alpha value is -1.55. The number of amides is 1. The fourth-order valence-electron chi connectivity index (χ4n) is 3.52. The topological polar surface area (TPSA) is 50.4 Å². The molecule has 2 aliphatic rings. The highest BCUT2D eigenvalue weighted by Crippen LogP contribution is 2.32. The molecular formula is C16H22N2O2. The second kappa shape index (κ2) is 5.83. The fourth-order valence-corrected chi connectivity index (χ4v) is 3.52. The first-order valence-corrected chi connectivity index (χ1v) is 7.43. The van der Waals surface area contributed by atoms with Crippen molar-refractivity contribution in [1.29, 1.82) is 0 Å². The largest absolute Gasteiger partial charge is 0.497 e. The molecule has 3 rings (SSSR count). The van der Waals surface area contributed by atoms with Crippen LogP contribution in [0.25, 0.3) is 0 Å². The molecule has 0 saturated carbocycles. The van der Waals surface area contributed by atoms with Gasteiger partial charge in [0.25, 0.3) is 0 Å². The maximum absolute atomic E-state index is 12.1. The van der Waals surface area contributed by atoms with E-state index < -0.39 is 0 Å². The van der Waals surface area contributed by atoms with Gasteiger partial charge in [-0.2, -0.15) is 0 Å². The molecule has 2 N–H and O–H groups in total. The van der Waals surface area contributed by atoms with E-state index in [1.165, 1.54) is 12.8 Å². The van der Waals surface area contributed by atoms with E-state index in [0.29, 0.717) is 24.4 Å². The normalized spacial score (nSPS) is 28.1. The van der Waals surface area contributed by atoms with Gasteiger partial charge in [-0.05, 0) is 43.7 Å². The number of anilines is 1. The van der Waals surface area contributed by atoms with Gasteiger partial charge in [0.15, 0.2) is 0 Å². The summed E-state index contributed by atoms with van der Waals surface area (Å²) in [5.41, 5.74) is 0.811. The van der Waals surface area contributed by atoms with Gasteiger partial charge in [0.1, 0.15) is 5.75 Å². The van der Waals surface area contributed by atoms with Crippen molar-refractivity contribution >= 4 is 11.6 Å². The molecule has 1 aromatic rings. The average Bonchev–Trinajstić information content (AvgIpc) is 2.78. The number of piperidine rings is 1. The summed E-state index contributed by atoms with van der Waals surface area (Å²) in [6.45, 7) is 0. The second-order valence-corrected chi connectivity index (χ2v) is 5.96. The lowest BCUT2D eigenvalue weighted by molar-refractivity contribution is -0.117. The van der Waals surface area contributed by atoms with Crippen LogP contribution in [0.5, 0.6) is 5.75 Å². The summed E-state index contributed by atoms with van der Waals surface area (Å²) < 4.78 is 5.16. The number of carbonyl (C=O) groups is 1.